The maximum atomic E-state index is 5.80. The first kappa shape index (κ1) is 9.85. The molecule has 0 aliphatic carbocycles. The minimum atomic E-state index is 0.0275. The molecule has 2 aromatic heterocycles. The maximum Gasteiger partial charge on any atom is 0.183 e. The van der Waals surface area contributed by atoms with Gasteiger partial charge in [-0.05, 0) is 6.92 Å². The molecule has 0 aliphatic rings. The highest BCUT2D eigenvalue weighted by Crippen LogP contribution is 2.20. The fraction of sp³-hybridized carbons (Fsp3) is 0.444. The number of fused-ring (bicyclic) bond motifs is 1. The van der Waals surface area contributed by atoms with Crippen LogP contribution in [0, 0.1) is 0 Å². The van der Waals surface area contributed by atoms with Crippen LogP contribution in [0.5, 0.6) is 0 Å². The number of aromatic nitrogens is 4. The Kier molecular flexibility index (Phi) is 2.28. The molecule has 0 radical (unpaired) electrons. The maximum absolute atomic E-state index is 5.80. The van der Waals surface area contributed by atoms with E-state index >= 15 is 0 Å². The molecule has 0 aliphatic heterocycles. The molecular formula is C9H14N6. The SMILES string of the molecule is CC(N)C(C)c1nc2ncnc(N)c2[nH]1. The third-order valence-corrected chi connectivity index (χ3v) is 2.56. The molecule has 2 rings (SSSR count). The molecule has 2 heterocycles. The fourth-order valence-corrected chi connectivity index (χ4v) is 1.33. The number of H-pyrrole nitrogens is 1. The van der Waals surface area contributed by atoms with Crippen LogP contribution in [-0.4, -0.2) is 26.0 Å². The number of anilines is 1. The van der Waals surface area contributed by atoms with Crippen LogP contribution < -0.4 is 11.5 Å². The second-order valence-corrected chi connectivity index (χ2v) is 3.73. The van der Waals surface area contributed by atoms with Gasteiger partial charge < -0.3 is 16.5 Å². The predicted molar refractivity (Wildman–Crippen MR) is 58.2 cm³/mol. The Labute approximate surface area is 87.1 Å². The Bertz CT molecular complexity index is 474. The average Bonchev–Trinajstić information content (AvgIpc) is 2.61. The summed E-state index contributed by atoms with van der Waals surface area (Å²) in [6.07, 6.45) is 1.40. The Hall–Kier alpha value is -1.69. The Morgan fingerprint density at radius 1 is 1.33 bits per heavy atom. The standard InChI is InChI=1S/C9H14N6/c1-4(5(2)10)8-14-6-7(11)12-3-13-9(6)15-8/h3-5H,10H2,1-2H3,(H3,11,12,13,14,15). The highest BCUT2D eigenvalue weighted by molar-refractivity contribution is 5.81. The van der Waals surface area contributed by atoms with Crippen molar-refractivity contribution < 1.29 is 0 Å². The third-order valence-electron chi connectivity index (χ3n) is 2.56. The Balaban J connectivity index is 2.52. The van der Waals surface area contributed by atoms with Gasteiger partial charge in [0, 0.05) is 12.0 Å². The fourth-order valence-electron chi connectivity index (χ4n) is 1.33. The van der Waals surface area contributed by atoms with Gasteiger partial charge in [0.25, 0.3) is 0 Å². The second kappa shape index (κ2) is 3.47. The molecule has 0 saturated heterocycles. The number of hydrogen-bond acceptors (Lipinski definition) is 5. The molecule has 0 amide bonds. The summed E-state index contributed by atoms with van der Waals surface area (Å²) < 4.78 is 0. The van der Waals surface area contributed by atoms with Crippen LogP contribution in [0.25, 0.3) is 11.2 Å². The zero-order chi connectivity index (χ0) is 11.0. The Morgan fingerprint density at radius 2 is 2.07 bits per heavy atom. The van der Waals surface area contributed by atoms with Gasteiger partial charge in [-0.1, -0.05) is 6.92 Å². The summed E-state index contributed by atoms with van der Waals surface area (Å²) in [4.78, 5) is 15.4. The number of aromatic amines is 1. The van der Waals surface area contributed by atoms with Crippen molar-refractivity contribution in [2.75, 3.05) is 5.73 Å². The van der Waals surface area contributed by atoms with Gasteiger partial charge in [0.2, 0.25) is 0 Å². The van der Waals surface area contributed by atoms with Crippen LogP contribution in [0.4, 0.5) is 5.82 Å². The lowest BCUT2D eigenvalue weighted by Crippen LogP contribution is -2.23. The van der Waals surface area contributed by atoms with Crippen molar-refractivity contribution in [2.45, 2.75) is 25.8 Å². The van der Waals surface area contributed by atoms with E-state index in [1.54, 1.807) is 0 Å². The second-order valence-electron chi connectivity index (χ2n) is 3.73. The van der Waals surface area contributed by atoms with E-state index in [4.69, 9.17) is 11.5 Å². The highest BCUT2D eigenvalue weighted by Gasteiger charge is 2.16. The van der Waals surface area contributed by atoms with Gasteiger partial charge in [-0.25, -0.2) is 15.0 Å². The zero-order valence-electron chi connectivity index (χ0n) is 8.73. The molecule has 2 unspecified atom stereocenters. The summed E-state index contributed by atoms with van der Waals surface area (Å²) in [6, 6.07) is 0.0275. The van der Waals surface area contributed by atoms with Crippen molar-refractivity contribution in [2.24, 2.45) is 5.73 Å². The lowest BCUT2D eigenvalue weighted by atomic mass is 10.0. The van der Waals surface area contributed by atoms with E-state index < -0.39 is 0 Å². The van der Waals surface area contributed by atoms with E-state index in [0.717, 1.165) is 5.82 Å². The lowest BCUT2D eigenvalue weighted by Gasteiger charge is -2.11. The molecular weight excluding hydrogens is 192 g/mol. The van der Waals surface area contributed by atoms with E-state index in [9.17, 15) is 0 Å². The van der Waals surface area contributed by atoms with Gasteiger partial charge in [0.1, 0.15) is 17.7 Å². The van der Waals surface area contributed by atoms with E-state index in [-0.39, 0.29) is 12.0 Å². The molecule has 0 spiro atoms. The Morgan fingerprint density at radius 3 is 2.67 bits per heavy atom. The first-order valence-corrected chi connectivity index (χ1v) is 4.81. The minimum absolute atomic E-state index is 0.0275. The number of nitrogens with zero attached hydrogens (tertiary/aromatic N) is 3. The summed E-state index contributed by atoms with van der Waals surface area (Å²) in [6.45, 7) is 3.94. The van der Waals surface area contributed by atoms with Gasteiger partial charge >= 0.3 is 0 Å². The van der Waals surface area contributed by atoms with E-state index in [1.807, 2.05) is 13.8 Å². The highest BCUT2D eigenvalue weighted by atomic mass is 15.1. The van der Waals surface area contributed by atoms with E-state index in [2.05, 4.69) is 19.9 Å². The number of imidazole rings is 1. The molecule has 0 bridgehead atoms. The van der Waals surface area contributed by atoms with Crippen LogP contribution >= 0.6 is 0 Å². The third kappa shape index (κ3) is 1.63. The van der Waals surface area contributed by atoms with Crippen LogP contribution in [0.15, 0.2) is 6.33 Å². The molecule has 6 heteroatoms. The molecule has 6 nitrogen and oxygen atoms in total. The van der Waals surface area contributed by atoms with Crippen molar-refractivity contribution in [3.05, 3.63) is 12.2 Å². The number of nitrogen functional groups attached to an aromatic ring is 1. The molecule has 2 aromatic rings. The van der Waals surface area contributed by atoms with Crippen LogP contribution in [0.2, 0.25) is 0 Å². The van der Waals surface area contributed by atoms with E-state index in [0.29, 0.717) is 17.0 Å². The summed E-state index contributed by atoms with van der Waals surface area (Å²) in [5.41, 5.74) is 12.8. The van der Waals surface area contributed by atoms with Crippen molar-refractivity contribution in [1.29, 1.82) is 0 Å². The van der Waals surface area contributed by atoms with Crippen LogP contribution in [-0.2, 0) is 0 Å². The lowest BCUT2D eigenvalue weighted by molar-refractivity contribution is 0.588. The molecule has 0 saturated carbocycles. The van der Waals surface area contributed by atoms with Gasteiger partial charge in [0.05, 0.1) is 0 Å². The topological polar surface area (TPSA) is 106 Å². The normalized spacial score (nSPS) is 15.4. The molecule has 0 aromatic carbocycles. The largest absolute Gasteiger partial charge is 0.382 e. The van der Waals surface area contributed by atoms with Crippen LogP contribution in [0.3, 0.4) is 0 Å². The van der Waals surface area contributed by atoms with Gasteiger partial charge in [-0.3, -0.25) is 0 Å². The van der Waals surface area contributed by atoms with Gasteiger partial charge in [-0.2, -0.15) is 0 Å². The first-order chi connectivity index (χ1) is 7.09. The summed E-state index contributed by atoms with van der Waals surface area (Å²) in [5, 5.41) is 0. The van der Waals surface area contributed by atoms with E-state index in [1.165, 1.54) is 6.33 Å². The number of nitrogens with two attached hydrogens (primary N) is 2. The van der Waals surface area contributed by atoms with Crippen molar-refractivity contribution in [3.63, 3.8) is 0 Å². The molecule has 15 heavy (non-hydrogen) atoms. The number of hydrogen-bond donors (Lipinski definition) is 3. The van der Waals surface area contributed by atoms with Gasteiger partial charge in [0.15, 0.2) is 11.5 Å². The summed E-state index contributed by atoms with van der Waals surface area (Å²) in [7, 11) is 0. The first-order valence-electron chi connectivity index (χ1n) is 4.81. The molecule has 0 fully saturated rings. The van der Waals surface area contributed by atoms with Crippen molar-refractivity contribution in [1.82, 2.24) is 19.9 Å². The number of nitrogens with one attached hydrogen (secondary N) is 1. The smallest absolute Gasteiger partial charge is 0.183 e. The van der Waals surface area contributed by atoms with Crippen molar-refractivity contribution >= 4 is 17.0 Å². The summed E-state index contributed by atoms with van der Waals surface area (Å²) in [5.74, 6) is 1.35. The van der Waals surface area contributed by atoms with Gasteiger partial charge in [-0.15, -0.1) is 0 Å². The number of rotatable bonds is 2. The molecule has 80 valence electrons. The molecule has 2 atom stereocenters. The monoisotopic (exact) mass is 206 g/mol. The molecule has 5 N–H and O–H groups in total. The average molecular weight is 206 g/mol. The quantitative estimate of drug-likeness (QED) is 0.658. The van der Waals surface area contributed by atoms with Crippen LogP contribution in [0.1, 0.15) is 25.6 Å². The predicted octanol–water partition coefficient (Wildman–Crippen LogP) is 0.386. The minimum Gasteiger partial charge on any atom is -0.382 e. The summed E-state index contributed by atoms with van der Waals surface area (Å²) >= 11 is 0. The van der Waals surface area contributed by atoms with Crippen molar-refractivity contribution in [3.8, 4) is 0 Å². The zero-order valence-corrected chi connectivity index (χ0v) is 8.73.